The summed E-state index contributed by atoms with van der Waals surface area (Å²) >= 11 is 0. The van der Waals surface area contributed by atoms with Gasteiger partial charge in [-0.25, -0.2) is 0 Å². The summed E-state index contributed by atoms with van der Waals surface area (Å²) in [6.45, 7) is 4.00. The Morgan fingerprint density at radius 1 is 1.06 bits per heavy atom. The van der Waals surface area contributed by atoms with Gasteiger partial charge in [0.2, 0.25) is 0 Å². The van der Waals surface area contributed by atoms with Gasteiger partial charge in [-0.2, -0.15) is 0 Å². The van der Waals surface area contributed by atoms with Crippen molar-refractivity contribution in [2.75, 3.05) is 0 Å². The fourth-order valence-corrected chi connectivity index (χ4v) is 2.62. The number of rotatable bonds is 3. The molecule has 1 unspecified atom stereocenters. The molecule has 1 heteroatoms. The van der Waals surface area contributed by atoms with Crippen LogP contribution in [0.15, 0.2) is 30.3 Å². The molecule has 1 aliphatic carbocycles. The molecule has 0 amide bonds. The lowest BCUT2D eigenvalue weighted by molar-refractivity contribution is 0.319. The monoisotopic (exact) mass is 233 g/mol. The number of hydrogen-bond donors (Lipinski definition) is 1. The van der Waals surface area contributed by atoms with E-state index in [4.69, 9.17) is 5.73 Å². The molecule has 1 aromatic rings. The van der Waals surface area contributed by atoms with E-state index in [9.17, 15) is 0 Å². The van der Waals surface area contributed by atoms with Gasteiger partial charge < -0.3 is 5.73 Å². The highest BCUT2D eigenvalue weighted by atomic mass is 14.6. The fraction of sp³-hybridized carbons (Fsp3) is 0.625. The quantitative estimate of drug-likeness (QED) is 0.805. The average molecular weight is 233 g/mol. The third kappa shape index (κ3) is 4.91. The largest absolute Gasteiger partial charge is 0.324 e. The van der Waals surface area contributed by atoms with Crippen LogP contribution in [-0.2, 0) is 0 Å². The molecule has 1 fully saturated rings. The molecule has 0 spiro atoms. The van der Waals surface area contributed by atoms with Gasteiger partial charge >= 0.3 is 0 Å². The summed E-state index contributed by atoms with van der Waals surface area (Å²) in [6.07, 6.45) is 8.19. The predicted octanol–water partition coefficient (Wildman–Crippen LogP) is 4.68. The fourth-order valence-electron chi connectivity index (χ4n) is 2.62. The lowest BCUT2D eigenvalue weighted by Gasteiger charge is -2.24. The van der Waals surface area contributed by atoms with Crippen molar-refractivity contribution in [3.8, 4) is 0 Å². The third-order valence-corrected chi connectivity index (χ3v) is 3.54. The second-order valence-electron chi connectivity index (χ2n) is 4.76. The summed E-state index contributed by atoms with van der Waals surface area (Å²) in [4.78, 5) is 0. The van der Waals surface area contributed by atoms with Crippen LogP contribution >= 0.6 is 0 Å². The van der Waals surface area contributed by atoms with E-state index in [0.29, 0.717) is 0 Å². The van der Waals surface area contributed by atoms with Gasteiger partial charge in [-0.15, -0.1) is 0 Å². The minimum Gasteiger partial charge on any atom is -0.324 e. The van der Waals surface area contributed by atoms with Gasteiger partial charge in [0.05, 0.1) is 0 Å². The minimum atomic E-state index is 0.245. The van der Waals surface area contributed by atoms with Gasteiger partial charge in [-0.05, 0) is 17.9 Å². The summed E-state index contributed by atoms with van der Waals surface area (Å²) in [5.41, 5.74) is 7.52. The molecule has 17 heavy (non-hydrogen) atoms. The Hall–Kier alpha value is -0.820. The van der Waals surface area contributed by atoms with E-state index in [-0.39, 0.29) is 6.04 Å². The van der Waals surface area contributed by atoms with Crippen LogP contribution in [0.5, 0.6) is 0 Å². The van der Waals surface area contributed by atoms with Gasteiger partial charge in [0.1, 0.15) is 0 Å². The first-order valence-electron chi connectivity index (χ1n) is 7.17. The van der Waals surface area contributed by atoms with Crippen LogP contribution in [0.3, 0.4) is 0 Å². The summed E-state index contributed by atoms with van der Waals surface area (Å²) in [7, 11) is 0. The molecule has 0 aromatic heterocycles. The van der Waals surface area contributed by atoms with Gasteiger partial charge in [-0.1, -0.05) is 76.3 Å². The Bertz CT molecular complexity index is 275. The van der Waals surface area contributed by atoms with Gasteiger partial charge in [0.15, 0.2) is 0 Å². The smallest absolute Gasteiger partial charge is 0.0297 e. The highest BCUT2D eigenvalue weighted by Gasteiger charge is 2.17. The van der Waals surface area contributed by atoms with Crippen LogP contribution in [-0.4, -0.2) is 0 Å². The molecule has 1 atom stereocenters. The first-order chi connectivity index (χ1) is 8.36. The molecule has 0 heterocycles. The molecule has 0 radical (unpaired) electrons. The minimum absolute atomic E-state index is 0.245. The van der Waals surface area contributed by atoms with Gasteiger partial charge in [-0.3, -0.25) is 0 Å². The predicted molar refractivity (Wildman–Crippen MR) is 75.9 cm³/mol. The molecule has 0 saturated heterocycles. The van der Waals surface area contributed by atoms with Crippen LogP contribution < -0.4 is 5.73 Å². The molecule has 0 bridgehead atoms. The Balaban J connectivity index is 0.000000686. The Kier molecular flexibility index (Phi) is 6.95. The van der Waals surface area contributed by atoms with Crippen molar-refractivity contribution >= 4 is 0 Å². The van der Waals surface area contributed by atoms with Crippen LogP contribution in [0.1, 0.15) is 64.0 Å². The summed E-state index contributed by atoms with van der Waals surface area (Å²) in [6, 6.07) is 10.7. The lowest BCUT2D eigenvalue weighted by Crippen LogP contribution is -2.17. The molecule has 96 valence electrons. The van der Waals surface area contributed by atoms with Gasteiger partial charge in [0, 0.05) is 6.04 Å². The lowest BCUT2D eigenvalue weighted by atomic mass is 9.83. The van der Waals surface area contributed by atoms with Crippen molar-refractivity contribution < 1.29 is 0 Å². The molecule has 1 aromatic carbocycles. The highest BCUT2D eigenvalue weighted by molar-refractivity contribution is 5.18. The van der Waals surface area contributed by atoms with Gasteiger partial charge in [0.25, 0.3) is 0 Å². The normalized spacial score (nSPS) is 18.1. The second-order valence-corrected chi connectivity index (χ2v) is 4.76. The molecule has 1 saturated carbocycles. The van der Waals surface area contributed by atoms with Crippen molar-refractivity contribution in [3.05, 3.63) is 35.9 Å². The molecule has 0 aliphatic heterocycles. The van der Waals surface area contributed by atoms with Crippen LogP contribution in [0, 0.1) is 5.92 Å². The molecule has 2 rings (SSSR count). The van der Waals surface area contributed by atoms with E-state index in [2.05, 4.69) is 30.3 Å². The molecular weight excluding hydrogens is 206 g/mol. The summed E-state index contributed by atoms with van der Waals surface area (Å²) in [5.74, 6) is 0.869. The third-order valence-electron chi connectivity index (χ3n) is 3.54. The highest BCUT2D eigenvalue weighted by Crippen LogP contribution is 2.30. The van der Waals surface area contributed by atoms with Crippen LogP contribution in [0.4, 0.5) is 0 Å². The topological polar surface area (TPSA) is 26.0 Å². The zero-order valence-electron chi connectivity index (χ0n) is 11.4. The van der Waals surface area contributed by atoms with Crippen molar-refractivity contribution in [2.45, 2.75) is 58.4 Å². The molecule has 1 nitrogen and oxygen atoms in total. The van der Waals surface area contributed by atoms with E-state index in [1.54, 1.807) is 0 Å². The maximum Gasteiger partial charge on any atom is 0.0297 e. The van der Waals surface area contributed by atoms with E-state index in [0.717, 1.165) is 5.92 Å². The molecule has 1 aliphatic rings. The molecule has 2 N–H and O–H groups in total. The van der Waals surface area contributed by atoms with E-state index < -0.39 is 0 Å². The van der Waals surface area contributed by atoms with Crippen molar-refractivity contribution in [2.24, 2.45) is 11.7 Å². The van der Waals surface area contributed by atoms with Crippen molar-refractivity contribution in [1.82, 2.24) is 0 Å². The Morgan fingerprint density at radius 3 is 2.24 bits per heavy atom. The summed E-state index contributed by atoms with van der Waals surface area (Å²) < 4.78 is 0. The number of benzene rings is 1. The van der Waals surface area contributed by atoms with Crippen molar-refractivity contribution in [1.29, 1.82) is 0 Å². The van der Waals surface area contributed by atoms with E-state index in [1.165, 1.54) is 44.1 Å². The van der Waals surface area contributed by atoms with Crippen molar-refractivity contribution in [3.63, 3.8) is 0 Å². The number of hydrogen-bond acceptors (Lipinski definition) is 1. The van der Waals surface area contributed by atoms with Crippen LogP contribution in [0.25, 0.3) is 0 Å². The first-order valence-corrected chi connectivity index (χ1v) is 7.17. The maximum absolute atomic E-state index is 6.23. The first kappa shape index (κ1) is 14.2. The second kappa shape index (κ2) is 8.30. The average Bonchev–Trinajstić information content (AvgIpc) is 2.43. The summed E-state index contributed by atoms with van der Waals surface area (Å²) in [5, 5.41) is 0. The maximum atomic E-state index is 6.23. The van der Waals surface area contributed by atoms with E-state index >= 15 is 0 Å². The Labute approximate surface area is 106 Å². The number of nitrogens with two attached hydrogens (primary N) is 1. The van der Waals surface area contributed by atoms with E-state index in [1.807, 2.05) is 13.8 Å². The van der Waals surface area contributed by atoms with Crippen LogP contribution in [0.2, 0.25) is 0 Å². The standard InChI is InChI=1S/C14H21N.C2H6/c15-14(13-9-5-2-6-10-13)11-12-7-3-1-4-8-12;1-2/h2,5-6,9-10,12,14H,1,3-4,7-8,11,15H2;1-2H3. The zero-order chi connectivity index (χ0) is 12.5. The SMILES string of the molecule is CC.NC(CC1CCCCC1)c1ccccc1. The Morgan fingerprint density at radius 2 is 1.65 bits per heavy atom. The zero-order valence-corrected chi connectivity index (χ0v) is 11.4. The molecular formula is C16H27N.